The number of amides is 3. The third-order valence-electron chi connectivity index (χ3n) is 5.14. The number of carbonyl (C=O) groups is 3. The maximum absolute atomic E-state index is 13.4. The molecule has 0 saturated carbocycles. The van der Waals surface area contributed by atoms with Crippen LogP contribution in [0.1, 0.15) is 35.5 Å². The van der Waals surface area contributed by atoms with E-state index in [1.165, 1.54) is 19.3 Å². The second-order valence-corrected chi connectivity index (χ2v) is 9.07. The van der Waals surface area contributed by atoms with Crippen LogP contribution in [0.25, 0.3) is 0 Å². The highest BCUT2D eigenvalue weighted by Crippen LogP contribution is 2.40. The number of hydrogen-bond acceptors (Lipinski definition) is 7. The summed E-state index contributed by atoms with van der Waals surface area (Å²) in [4.78, 5) is 40.1. The van der Waals surface area contributed by atoms with E-state index in [1.54, 1.807) is 44.2 Å². The number of anilines is 1. The van der Waals surface area contributed by atoms with Gasteiger partial charge in [0.2, 0.25) is 0 Å². The molecule has 3 N–H and O–H groups in total. The molecule has 0 spiro atoms. The Labute approximate surface area is 238 Å². The van der Waals surface area contributed by atoms with Crippen molar-refractivity contribution >= 4 is 35.2 Å². The Morgan fingerprint density at radius 2 is 1.73 bits per heavy atom. The Bertz CT molecular complexity index is 1400. The van der Waals surface area contributed by atoms with Crippen molar-refractivity contribution in [3.05, 3.63) is 76.6 Å². The molecule has 1 aromatic heterocycles. The molecule has 2 aromatic carbocycles. The molecule has 0 aliphatic rings. The lowest BCUT2D eigenvalue weighted by Gasteiger charge is -2.17. The highest BCUT2D eigenvalue weighted by molar-refractivity contribution is 6.31. The molecule has 1 heterocycles. The number of aromatic nitrogens is 1. The molecule has 218 valence electrons. The van der Waals surface area contributed by atoms with Gasteiger partial charge in [0.1, 0.15) is 22.9 Å². The summed E-state index contributed by atoms with van der Waals surface area (Å²) in [5.41, 5.74) is -0.718. The number of esters is 1. The van der Waals surface area contributed by atoms with Gasteiger partial charge >= 0.3 is 18.2 Å². The highest BCUT2D eigenvalue weighted by Gasteiger charge is 2.34. The number of hydrogen-bond donors (Lipinski definition) is 3. The summed E-state index contributed by atoms with van der Waals surface area (Å²) in [7, 11) is 1.49. The van der Waals surface area contributed by atoms with Gasteiger partial charge in [0, 0.05) is 31.9 Å². The van der Waals surface area contributed by atoms with Crippen LogP contribution in [0.4, 0.5) is 23.7 Å². The fourth-order valence-corrected chi connectivity index (χ4v) is 3.57. The second-order valence-electron chi connectivity index (χ2n) is 8.66. The van der Waals surface area contributed by atoms with Crippen molar-refractivity contribution in [1.82, 2.24) is 15.6 Å². The van der Waals surface area contributed by atoms with Crippen molar-refractivity contribution in [1.29, 1.82) is 0 Å². The van der Waals surface area contributed by atoms with Crippen LogP contribution >= 0.6 is 11.6 Å². The largest absolute Gasteiger partial charge is 0.480 e. The average Bonchev–Trinajstić information content (AvgIpc) is 2.91. The molecule has 10 nitrogen and oxygen atoms in total. The summed E-state index contributed by atoms with van der Waals surface area (Å²) in [6.45, 7) is 2.64. The van der Waals surface area contributed by atoms with Crippen LogP contribution in [0.2, 0.25) is 5.02 Å². The second kappa shape index (κ2) is 13.7. The molecule has 0 unspecified atom stereocenters. The maximum atomic E-state index is 13.4. The summed E-state index contributed by atoms with van der Waals surface area (Å²) in [6, 6.07) is 10.3. The predicted molar refractivity (Wildman–Crippen MR) is 143 cm³/mol. The molecule has 0 atom stereocenters. The van der Waals surface area contributed by atoms with E-state index < -0.39 is 41.5 Å². The van der Waals surface area contributed by atoms with Gasteiger partial charge < -0.3 is 30.2 Å². The lowest BCUT2D eigenvalue weighted by molar-refractivity contribution is -0.149. The Kier molecular flexibility index (Phi) is 10.4. The van der Waals surface area contributed by atoms with Crippen LogP contribution < -0.4 is 25.4 Å². The standard InChI is InChI=1S/C27H26ClF3N4O6/c1-15(2)40-24(36)14-39-23-12-20(28)19(27(29,30)31)11-21(23)35-26(38)34-13-16-4-6-17(7-5-16)41-18-8-9-33-22(10-18)25(37)32-3/h4-12,15H,13-14H2,1-3H3,(H,32,37)(H2,34,35,38). The van der Waals surface area contributed by atoms with E-state index in [0.717, 1.165) is 6.07 Å². The average molecular weight is 595 g/mol. The van der Waals surface area contributed by atoms with Crippen LogP contribution in [0.5, 0.6) is 17.2 Å². The van der Waals surface area contributed by atoms with Gasteiger partial charge in [-0.3, -0.25) is 9.78 Å². The van der Waals surface area contributed by atoms with Crippen LogP contribution in [-0.4, -0.2) is 42.7 Å². The smallest absolute Gasteiger partial charge is 0.417 e. The Morgan fingerprint density at radius 1 is 1.02 bits per heavy atom. The number of rotatable bonds is 10. The van der Waals surface area contributed by atoms with Gasteiger partial charge in [-0.1, -0.05) is 23.7 Å². The molecule has 0 saturated heterocycles. The van der Waals surface area contributed by atoms with E-state index in [4.69, 9.17) is 25.8 Å². The van der Waals surface area contributed by atoms with Crippen molar-refractivity contribution in [2.45, 2.75) is 32.7 Å². The van der Waals surface area contributed by atoms with Gasteiger partial charge in [0.15, 0.2) is 6.61 Å². The third-order valence-corrected chi connectivity index (χ3v) is 5.45. The zero-order valence-electron chi connectivity index (χ0n) is 22.1. The number of halogens is 4. The number of urea groups is 1. The van der Waals surface area contributed by atoms with E-state index >= 15 is 0 Å². The number of benzene rings is 2. The Morgan fingerprint density at radius 3 is 2.37 bits per heavy atom. The minimum atomic E-state index is -4.80. The number of pyridine rings is 1. The highest BCUT2D eigenvalue weighted by atomic mass is 35.5. The molecule has 0 bridgehead atoms. The first kappa shape index (κ1) is 31.0. The molecule has 3 amide bonds. The first-order valence-corrected chi connectivity index (χ1v) is 12.5. The molecule has 3 rings (SSSR count). The normalized spacial score (nSPS) is 11.0. The molecule has 0 radical (unpaired) electrons. The third kappa shape index (κ3) is 9.28. The Hall–Kier alpha value is -4.52. The van der Waals surface area contributed by atoms with Crippen LogP contribution in [0, 0.1) is 0 Å². The Balaban J connectivity index is 1.65. The van der Waals surface area contributed by atoms with Gasteiger partial charge in [-0.15, -0.1) is 0 Å². The maximum Gasteiger partial charge on any atom is 0.417 e. The first-order valence-electron chi connectivity index (χ1n) is 12.1. The fraction of sp³-hybridized carbons (Fsp3) is 0.259. The lowest BCUT2D eigenvalue weighted by atomic mass is 10.1. The van der Waals surface area contributed by atoms with E-state index in [2.05, 4.69) is 20.9 Å². The fourth-order valence-electron chi connectivity index (χ4n) is 3.31. The SMILES string of the molecule is CNC(=O)c1cc(Oc2ccc(CNC(=O)Nc3cc(C(F)(F)F)c(Cl)cc3OCC(=O)OC(C)C)cc2)ccn1. The van der Waals surface area contributed by atoms with Crippen molar-refractivity contribution < 1.29 is 41.8 Å². The molecule has 41 heavy (non-hydrogen) atoms. The molecule has 0 aliphatic carbocycles. The van der Waals surface area contributed by atoms with Crippen LogP contribution in [0.15, 0.2) is 54.7 Å². The van der Waals surface area contributed by atoms with Gasteiger partial charge in [0.25, 0.3) is 5.91 Å². The van der Waals surface area contributed by atoms with Crippen LogP contribution in [-0.2, 0) is 22.3 Å². The minimum absolute atomic E-state index is 0.0127. The van der Waals surface area contributed by atoms with E-state index in [0.29, 0.717) is 23.1 Å². The van der Waals surface area contributed by atoms with Crippen LogP contribution in [0.3, 0.4) is 0 Å². The summed E-state index contributed by atoms with van der Waals surface area (Å²) in [5.74, 6) is -0.534. The zero-order valence-corrected chi connectivity index (χ0v) is 22.9. The number of carbonyl (C=O) groups excluding carboxylic acids is 3. The molecule has 0 aliphatic heterocycles. The number of ether oxygens (including phenoxy) is 3. The first-order chi connectivity index (χ1) is 19.3. The number of alkyl halides is 3. The predicted octanol–water partition coefficient (Wildman–Crippen LogP) is 5.56. The van der Waals surface area contributed by atoms with E-state index in [-0.39, 0.29) is 29.6 Å². The molecule has 3 aromatic rings. The van der Waals surface area contributed by atoms with Crippen molar-refractivity contribution in [3.63, 3.8) is 0 Å². The van der Waals surface area contributed by atoms with Gasteiger partial charge in [-0.2, -0.15) is 13.2 Å². The summed E-state index contributed by atoms with van der Waals surface area (Å²) in [6.07, 6.45) is -3.80. The van der Waals surface area contributed by atoms with Gasteiger partial charge in [0.05, 0.1) is 22.4 Å². The minimum Gasteiger partial charge on any atom is -0.480 e. The molecule has 0 fully saturated rings. The zero-order chi connectivity index (χ0) is 30.2. The van der Waals surface area contributed by atoms with Crippen molar-refractivity contribution in [3.8, 4) is 17.2 Å². The van der Waals surface area contributed by atoms with Crippen molar-refractivity contribution in [2.24, 2.45) is 0 Å². The van der Waals surface area contributed by atoms with Gasteiger partial charge in [-0.25, -0.2) is 9.59 Å². The lowest BCUT2D eigenvalue weighted by Crippen LogP contribution is -2.28. The summed E-state index contributed by atoms with van der Waals surface area (Å²) >= 11 is 5.78. The molecular formula is C27H26ClF3N4O6. The van der Waals surface area contributed by atoms with E-state index in [1.807, 2.05) is 0 Å². The monoisotopic (exact) mass is 594 g/mol. The quantitative estimate of drug-likeness (QED) is 0.262. The van der Waals surface area contributed by atoms with Crippen molar-refractivity contribution in [2.75, 3.05) is 19.0 Å². The molecular weight excluding hydrogens is 569 g/mol. The van der Waals surface area contributed by atoms with Gasteiger partial charge in [-0.05, 0) is 43.7 Å². The number of nitrogens with zero attached hydrogens (tertiary/aromatic N) is 1. The number of nitrogens with one attached hydrogen (secondary N) is 3. The summed E-state index contributed by atoms with van der Waals surface area (Å²) < 4.78 is 56.2. The van der Waals surface area contributed by atoms with E-state index in [9.17, 15) is 27.6 Å². The topological polar surface area (TPSA) is 128 Å². The molecule has 14 heteroatoms. The summed E-state index contributed by atoms with van der Waals surface area (Å²) in [5, 5.41) is 6.63.